The molecular weight excluding hydrogens is 296 g/mol. The Kier molecular flexibility index (Phi) is 6.81. The maximum absolute atomic E-state index is 5.58. The van der Waals surface area contributed by atoms with Crippen molar-refractivity contribution in [3.63, 3.8) is 0 Å². The van der Waals surface area contributed by atoms with Crippen molar-refractivity contribution >= 4 is 16.9 Å². The van der Waals surface area contributed by atoms with Gasteiger partial charge < -0.3 is 13.3 Å². The van der Waals surface area contributed by atoms with Crippen molar-refractivity contribution in [2.24, 2.45) is 5.92 Å². The zero-order valence-corrected chi connectivity index (χ0v) is 16.4. The van der Waals surface area contributed by atoms with E-state index in [9.17, 15) is 0 Å². The van der Waals surface area contributed by atoms with Gasteiger partial charge in [-0.1, -0.05) is 43.4 Å². The summed E-state index contributed by atoms with van der Waals surface area (Å²) in [5.74, 6) is 0.391. The number of hydrogen-bond acceptors (Lipinski definition) is 3. The summed E-state index contributed by atoms with van der Waals surface area (Å²) in [7, 11) is 1.09. The van der Waals surface area contributed by atoms with Gasteiger partial charge in [0.2, 0.25) is 0 Å². The second-order valence-corrected chi connectivity index (χ2v) is 14.0. The molecule has 3 nitrogen and oxygen atoms in total. The second kappa shape index (κ2) is 7.69. The van der Waals surface area contributed by atoms with E-state index in [1.165, 1.54) is 5.57 Å². The zero-order chi connectivity index (χ0) is 16.1. The number of rotatable bonds is 9. The molecule has 0 saturated carbocycles. The lowest BCUT2D eigenvalue weighted by atomic mass is 10.0. The molecule has 0 amide bonds. The molecule has 0 aliphatic heterocycles. The fourth-order valence-corrected chi connectivity index (χ4v) is 7.83. The first kappa shape index (κ1) is 18.6. The highest BCUT2D eigenvalue weighted by atomic mass is 28.4. The van der Waals surface area contributed by atoms with Crippen LogP contribution in [0.5, 0.6) is 0 Å². The predicted octanol–water partition coefficient (Wildman–Crippen LogP) is 4.19. The van der Waals surface area contributed by atoms with Gasteiger partial charge in [-0.2, -0.15) is 0 Å². The Morgan fingerprint density at radius 1 is 1.19 bits per heavy atom. The molecule has 0 N–H and O–H groups in total. The molecule has 21 heavy (non-hydrogen) atoms. The summed E-state index contributed by atoms with van der Waals surface area (Å²) in [5.41, 5.74) is 1.47. The van der Waals surface area contributed by atoms with Crippen LogP contribution in [0.4, 0.5) is 0 Å². The van der Waals surface area contributed by atoms with Crippen LogP contribution in [0.2, 0.25) is 25.2 Å². The monoisotopic (exact) mass is 326 g/mol. The Labute approximate surface area is 132 Å². The molecule has 0 heterocycles. The van der Waals surface area contributed by atoms with Gasteiger partial charge in [-0.25, -0.2) is 0 Å². The highest BCUT2D eigenvalue weighted by Gasteiger charge is 2.41. The van der Waals surface area contributed by atoms with Crippen LogP contribution < -0.4 is 0 Å². The highest BCUT2D eigenvalue weighted by Crippen LogP contribution is 2.38. The molecule has 0 fully saturated rings. The summed E-state index contributed by atoms with van der Waals surface area (Å²) in [5, 5.41) is 1.57. The van der Waals surface area contributed by atoms with E-state index in [-0.39, 0.29) is 0 Å². The standard InChI is InChI=1S/C16H30O3Si2/c1-8-12-20(6,7)16-11-9-10-15(16)14(2)13-21(17-3,18-4)19-5/h8,10-11,14H,1,9,12-13H2,2-7H3. The predicted molar refractivity (Wildman–Crippen MR) is 94.0 cm³/mol. The molecule has 5 heteroatoms. The molecule has 0 saturated heterocycles. The first-order chi connectivity index (χ1) is 9.85. The molecule has 120 valence electrons. The minimum absolute atomic E-state index is 0.391. The average molecular weight is 327 g/mol. The van der Waals surface area contributed by atoms with Crippen LogP contribution in [0, 0.1) is 5.92 Å². The molecule has 0 aromatic carbocycles. The molecular formula is C16H30O3Si2. The Bertz CT molecular complexity index is 415. The largest absolute Gasteiger partial charge is 0.500 e. The van der Waals surface area contributed by atoms with E-state index in [2.05, 4.69) is 44.8 Å². The van der Waals surface area contributed by atoms with Gasteiger partial charge in [0.25, 0.3) is 0 Å². The summed E-state index contributed by atoms with van der Waals surface area (Å²) >= 11 is 0. The van der Waals surface area contributed by atoms with Crippen LogP contribution in [0.15, 0.2) is 35.6 Å². The van der Waals surface area contributed by atoms with Crippen molar-refractivity contribution in [2.75, 3.05) is 21.3 Å². The van der Waals surface area contributed by atoms with Crippen molar-refractivity contribution in [2.45, 2.75) is 38.5 Å². The Balaban J connectivity index is 2.90. The van der Waals surface area contributed by atoms with Crippen LogP contribution in [-0.4, -0.2) is 38.2 Å². The maximum atomic E-state index is 5.58. The van der Waals surface area contributed by atoms with E-state index in [4.69, 9.17) is 13.3 Å². The van der Waals surface area contributed by atoms with Crippen LogP contribution in [0.25, 0.3) is 0 Å². The maximum Gasteiger partial charge on any atom is 0.500 e. The lowest BCUT2D eigenvalue weighted by molar-refractivity contribution is 0.120. The molecule has 0 aromatic rings. The van der Waals surface area contributed by atoms with Crippen LogP contribution in [0.3, 0.4) is 0 Å². The van der Waals surface area contributed by atoms with Crippen molar-refractivity contribution < 1.29 is 13.3 Å². The van der Waals surface area contributed by atoms with Gasteiger partial charge >= 0.3 is 8.80 Å². The molecule has 1 aliphatic rings. The SMILES string of the molecule is C=CC[Si](C)(C)C1=CCC=C1C(C)C[Si](OC)(OC)OC. The van der Waals surface area contributed by atoms with Gasteiger partial charge in [0, 0.05) is 27.4 Å². The third kappa shape index (κ3) is 4.26. The first-order valence-corrected chi connectivity index (χ1v) is 12.7. The van der Waals surface area contributed by atoms with Gasteiger partial charge in [-0.05, 0) is 24.0 Å². The van der Waals surface area contributed by atoms with Gasteiger partial charge in [0.15, 0.2) is 0 Å². The summed E-state index contributed by atoms with van der Waals surface area (Å²) in [6.07, 6.45) is 7.87. The zero-order valence-electron chi connectivity index (χ0n) is 14.4. The minimum atomic E-state index is -2.53. The lowest BCUT2D eigenvalue weighted by Gasteiger charge is -2.31. The normalized spacial score (nSPS) is 17.4. The minimum Gasteiger partial charge on any atom is -0.377 e. The van der Waals surface area contributed by atoms with Crippen molar-refractivity contribution in [3.05, 3.63) is 35.6 Å². The van der Waals surface area contributed by atoms with Crippen molar-refractivity contribution in [1.82, 2.24) is 0 Å². The van der Waals surface area contributed by atoms with E-state index in [1.54, 1.807) is 26.5 Å². The molecule has 0 radical (unpaired) electrons. The summed E-state index contributed by atoms with van der Waals surface area (Å²) in [6, 6.07) is 1.93. The van der Waals surface area contributed by atoms with Crippen LogP contribution >= 0.6 is 0 Å². The fraction of sp³-hybridized carbons (Fsp3) is 0.625. The summed E-state index contributed by atoms with van der Waals surface area (Å²) in [6.45, 7) is 11.0. The second-order valence-electron chi connectivity index (χ2n) is 6.29. The lowest BCUT2D eigenvalue weighted by Crippen LogP contribution is -2.44. The van der Waals surface area contributed by atoms with Gasteiger partial charge in [0.1, 0.15) is 0 Å². The number of hydrogen-bond donors (Lipinski definition) is 0. The molecule has 1 unspecified atom stereocenters. The van der Waals surface area contributed by atoms with Gasteiger partial charge in [-0.15, -0.1) is 6.58 Å². The third-order valence-electron chi connectivity index (χ3n) is 4.37. The van der Waals surface area contributed by atoms with Crippen LogP contribution in [0.1, 0.15) is 13.3 Å². The van der Waals surface area contributed by atoms with Crippen molar-refractivity contribution in [3.8, 4) is 0 Å². The number of allylic oxidation sites excluding steroid dienone is 5. The molecule has 0 aromatic heterocycles. The molecule has 1 rings (SSSR count). The molecule has 0 spiro atoms. The van der Waals surface area contributed by atoms with Gasteiger partial charge in [-0.3, -0.25) is 0 Å². The van der Waals surface area contributed by atoms with Crippen molar-refractivity contribution in [1.29, 1.82) is 0 Å². The Morgan fingerprint density at radius 3 is 2.24 bits per heavy atom. The topological polar surface area (TPSA) is 27.7 Å². The molecule has 1 aliphatic carbocycles. The average Bonchev–Trinajstić information content (AvgIpc) is 2.95. The Morgan fingerprint density at radius 2 is 1.76 bits per heavy atom. The smallest absolute Gasteiger partial charge is 0.377 e. The Hall–Kier alpha value is -0.466. The third-order valence-corrected chi connectivity index (χ3v) is 10.6. The van der Waals surface area contributed by atoms with E-state index in [0.717, 1.165) is 18.5 Å². The van der Waals surface area contributed by atoms with E-state index >= 15 is 0 Å². The summed E-state index contributed by atoms with van der Waals surface area (Å²) in [4.78, 5) is 0. The summed E-state index contributed by atoms with van der Waals surface area (Å²) < 4.78 is 16.7. The quantitative estimate of drug-likeness (QED) is 0.470. The fourth-order valence-electron chi connectivity index (χ4n) is 3.12. The van der Waals surface area contributed by atoms with E-state index in [1.807, 2.05) is 0 Å². The van der Waals surface area contributed by atoms with Crippen LogP contribution in [-0.2, 0) is 13.3 Å². The molecule has 1 atom stereocenters. The van der Waals surface area contributed by atoms with E-state index in [0.29, 0.717) is 5.92 Å². The van der Waals surface area contributed by atoms with Gasteiger partial charge in [0.05, 0.1) is 8.07 Å². The highest BCUT2D eigenvalue weighted by molar-refractivity contribution is 6.85. The first-order valence-electron chi connectivity index (χ1n) is 7.53. The molecule has 0 bridgehead atoms. The van der Waals surface area contributed by atoms with E-state index < -0.39 is 16.9 Å².